The molecule has 5 heteroatoms. The lowest BCUT2D eigenvalue weighted by Gasteiger charge is -2.38. The van der Waals surface area contributed by atoms with Crippen molar-refractivity contribution >= 4 is 21.8 Å². The molecule has 0 bridgehead atoms. The molecule has 4 nitrogen and oxygen atoms in total. The average Bonchev–Trinajstić information content (AvgIpc) is 2.32. The zero-order chi connectivity index (χ0) is 13.2. The second-order valence-corrected chi connectivity index (χ2v) is 5.70. The van der Waals surface area contributed by atoms with E-state index in [9.17, 15) is 4.79 Å². The molecule has 0 aromatic heterocycles. The van der Waals surface area contributed by atoms with Crippen LogP contribution in [-0.4, -0.2) is 36.1 Å². The van der Waals surface area contributed by atoms with Gasteiger partial charge < -0.3 is 10.5 Å². The first-order valence-corrected chi connectivity index (χ1v) is 6.69. The van der Waals surface area contributed by atoms with Gasteiger partial charge in [0.25, 0.3) is 5.91 Å². The minimum Gasteiger partial charge on any atom is -0.367 e. The number of ether oxygens (including phenoxy) is 1. The van der Waals surface area contributed by atoms with Gasteiger partial charge in [-0.3, -0.25) is 9.69 Å². The highest BCUT2D eigenvalue weighted by Gasteiger charge is 2.37. The molecule has 1 aliphatic rings. The van der Waals surface area contributed by atoms with Crippen molar-refractivity contribution in [2.75, 3.05) is 19.7 Å². The van der Waals surface area contributed by atoms with Crippen LogP contribution in [0.2, 0.25) is 0 Å². The molecule has 1 heterocycles. The zero-order valence-corrected chi connectivity index (χ0v) is 11.9. The van der Waals surface area contributed by atoms with Crippen molar-refractivity contribution in [3.63, 3.8) is 0 Å². The lowest BCUT2D eigenvalue weighted by Crippen LogP contribution is -2.56. The van der Waals surface area contributed by atoms with Crippen LogP contribution < -0.4 is 5.73 Å². The van der Waals surface area contributed by atoms with E-state index < -0.39 is 11.5 Å². The number of primary amides is 1. The Hall–Kier alpha value is -0.910. The number of morpholine rings is 1. The molecule has 0 radical (unpaired) electrons. The van der Waals surface area contributed by atoms with E-state index in [-0.39, 0.29) is 0 Å². The van der Waals surface area contributed by atoms with Gasteiger partial charge in [0.1, 0.15) is 0 Å². The molecule has 1 aromatic carbocycles. The Bertz CT molecular complexity index is 435. The monoisotopic (exact) mass is 312 g/mol. The van der Waals surface area contributed by atoms with Gasteiger partial charge in [-0.25, -0.2) is 0 Å². The van der Waals surface area contributed by atoms with Crippen molar-refractivity contribution in [1.29, 1.82) is 0 Å². The van der Waals surface area contributed by atoms with Crippen LogP contribution in [0.1, 0.15) is 12.5 Å². The summed E-state index contributed by atoms with van der Waals surface area (Å²) < 4.78 is 6.56. The van der Waals surface area contributed by atoms with Gasteiger partial charge in [0.05, 0.1) is 6.61 Å². The maximum atomic E-state index is 11.4. The molecule has 0 spiro atoms. The van der Waals surface area contributed by atoms with E-state index in [1.54, 1.807) is 6.92 Å². The van der Waals surface area contributed by atoms with Gasteiger partial charge in [0.15, 0.2) is 5.60 Å². The standard InChI is InChI=1S/C13H17BrN2O2/c1-13(12(15)17)9-16(6-7-18-13)8-10-2-4-11(14)5-3-10/h2-5H,6-9H2,1H3,(H2,15,17). The largest absolute Gasteiger partial charge is 0.367 e. The number of carbonyl (C=O) groups excluding carboxylic acids is 1. The molecular weight excluding hydrogens is 296 g/mol. The van der Waals surface area contributed by atoms with E-state index in [2.05, 4.69) is 33.0 Å². The lowest BCUT2D eigenvalue weighted by molar-refractivity contribution is -0.153. The summed E-state index contributed by atoms with van der Waals surface area (Å²) in [7, 11) is 0. The molecule has 2 rings (SSSR count). The number of hydrogen-bond acceptors (Lipinski definition) is 3. The fourth-order valence-corrected chi connectivity index (χ4v) is 2.35. The average molecular weight is 313 g/mol. The van der Waals surface area contributed by atoms with E-state index >= 15 is 0 Å². The van der Waals surface area contributed by atoms with Crippen molar-refractivity contribution in [3.05, 3.63) is 34.3 Å². The number of nitrogens with two attached hydrogens (primary N) is 1. The predicted octanol–water partition coefficient (Wildman–Crippen LogP) is 1.53. The van der Waals surface area contributed by atoms with Crippen molar-refractivity contribution in [2.45, 2.75) is 19.1 Å². The van der Waals surface area contributed by atoms with Gasteiger partial charge in [-0.1, -0.05) is 28.1 Å². The summed E-state index contributed by atoms with van der Waals surface area (Å²) in [6.45, 7) is 4.45. The van der Waals surface area contributed by atoms with Crippen LogP contribution in [-0.2, 0) is 16.1 Å². The van der Waals surface area contributed by atoms with Gasteiger partial charge >= 0.3 is 0 Å². The van der Waals surface area contributed by atoms with E-state index in [1.807, 2.05) is 12.1 Å². The molecule has 18 heavy (non-hydrogen) atoms. The Morgan fingerprint density at radius 3 is 2.78 bits per heavy atom. The molecule has 1 saturated heterocycles. The molecule has 1 amide bonds. The topological polar surface area (TPSA) is 55.6 Å². The van der Waals surface area contributed by atoms with Crippen LogP contribution in [0, 0.1) is 0 Å². The Kier molecular flexibility index (Phi) is 4.04. The Balaban J connectivity index is 2.02. The molecule has 2 N–H and O–H groups in total. The number of amides is 1. The molecule has 0 saturated carbocycles. The van der Waals surface area contributed by atoms with Crippen LogP contribution in [0.25, 0.3) is 0 Å². The smallest absolute Gasteiger partial charge is 0.250 e. The second-order valence-electron chi connectivity index (χ2n) is 4.78. The predicted molar refractivity (Wildman–Crippen MR) is 73.0 cm³/mol. The summed E-state index contributed by atoms with van der Waals surface area (Å²) in [5, 5.41) is 0. The highest BCUT2D eigenvalue weighted by Crippen LogP contribution is 2.19. The van der Waals surface area contributed by atoms with E-state index in [4.69, 9.17) is 10.5 Å². The minimum atomic E-state index is -0.867. The SMILES string of the molecule is CC1(C(N)=O)CN(Cc2ccc(Br)cc2)CCO1. The van der Waals surface area contributed by atoms with Crippen LogP contribution >= 0.6 is 15.9 Å². The van der Waals surface area contributed by atoms with Gasteiger partial charge in [0.2, 0.25) is 0 Å². The number of nitrogens with zero attached hydrogens (tertiary/aromatic N) is 1. The van der Waals surface area contributed by atoms with Crippen LogP contribution in [0.15, 0.2) is 28.7 Å². The Morgan fingerprint density at radius 2 is 2.17 bits per heavy atom. The minimum absolute atomic E-state index is 0.400. The summed E-state index contributed by atoms with van der Waals surface area (Å²) in [4.78, 5) is 13.6. The quantitative estimate of drug-likeness (QED) is 0.921. The van der Waals surface area contributed by atoms with E-state index in [0.717, 1.165) is 17.6 Å². The van der Waals surface area contributed by atoms with Gasteiger partial charge in [-0.2, -0.15) is 0 Å². The maximum Gasteiger partial charge on any atom is 0.250 e. The fraction of sp³-hybridized carbons (Fsp3) is 0.462. The number of carbonyl (C=O) groups is 1. The van der Waals surface area contributed by atoms with Crippen LogP contribution in [0.3, 0.4) is 0 Å². The first-order valence-electron chi connectivity index (χ1n) is 5.90. The third-order valence-corrected chi connectivity index (χ3v) is 3.72. The molecule has 1 aliphatic heterocycles. The molecule has 1 unspecified atom stereocenters. The number of benzene rings is 1. The molecule has 1 aromatic rings. The first-order chi connectivity index (χ1) is 8.49. The summed E-state index contributed by atoms with van der Waals surface area (Å²) in [6, 6.07) is 8.18. The number of rotatable bonds is 3. The normalized spacial score (nSPS) is 25.0. The third-order valence-electron chi connectivity index (χ3n) is 3.19. The first kappa shape index (κ1) is 13.5. The summed E-state index contributed by atoms with van der Waals surface area (Å²) >= 11 is 3.41. The van der Waals surface area contributed by atoms with Crippen molar-refractivity contribution in [3.8, 4) is 0 Å². The number of hydrogen-bond donors (Lipinski definition) is 1. The number of halogens is 1. The van der Waals surface area contributed by atoms with Gasteiger partial charge in [-0.05, 0) is 24.6 Å². The second kappa shape index (κ2) is 5.38. The van der Waals surface area contributed by atoms with Gasteiger partial charge in [0, 0.05) is 24.1 Å². The van der Waals surface area contributed by atoms with Crippen LogP contribution in [0.5, 0.6) is 0 Å². The molecule has 1 fully saturated rings. The van der Waals surface area contributed by atoms with Gasteiger partial charge in [-0.15, -0.1) is 0 Å². The zero-order valence-electron chi connectivity index (χ0n) is 10.4. The summed E-state index contributed by atoms with van der Waals surface area (Å²) in [5.74, 6) is -0.400. The Labute approximate surface area is 115 Å². The third kappa shape index (κ3) is 3.10. The highest BCUT2D eigenvalue weighted by atomic mass is 79.9. The Morgan fingerprint density at radius 1 is 1.50 bits per heavy atom. The van der Waals surface area contributed by atoms with Crippen molar-refractivity contribution in [1.82, 2.24) is 4.90 Å². The van der Waals surface area contributed by atoms with Crippen LogP contribution in [0.4, 0.5) is 0 Å². The molecule has 1 atom stereocenters. The van der Waals surface area contributed by atoms with E-state index in [0.29, 0.717) is 13.2 Å². The molecule has 0 aliphatic carbocycles. The van der Waals surface area contributed by atoms with Crippen molar-refractivity contribution < 1.29 is 9.53 Å². The van der Waals surface area contributed by atoms with Crippen molar-refractivity contribution in [2.24, 2.45) is 5.73 Å². The maximum absolute atomic E-state index is 11.4. The summed E-state index contributed by atoms with van der Waals surface area (Å²) in [5.41, 5.74) is 5.73. The lowest BCUT2D eigenvalue weighted by atomic mass is 10.0. The molecule has 98 valence electrons. The van der Waals surface area contributed by atoms with E-state index in [1.165, 1.54) is 5.56 Å². The summed E-state index contributed by atoms with van der Waals surface area (Å²) in [6.07, 6.45) is 0. The highest BCUT2D eigenvalue weighted by molar-refractivity contribution is 9.10. The molecular formula is C13H17BrN2O2. The fourth-order valence-electron chi connectivity index (χ4n) is 2.08.